The molecule has 0 bridgehead atoms. The number of hydrogen-bond donors (Lipinski definition) is 1. The van der Waals surface area contributed by atoms with Crippen molar-refractivity contribution in [3.63, 3.8) is 0 Å². The molecule has 0 atom stereocenters. The number of nitrogens with zero attached hydrogens (tertiary/aromatic N) is 2. The molecule has 108 valence electrons. The second kappa shape index (κ2) is 7.06. The van der Waals surface area contributed by atoms with Gasteiger partial charge in [0.15, 0.2) is 0 Å². The van der Waals surface area contributed by atoms with E-state index in [1.165, 1.54) is 0 Å². The lowest BCUT2D eigenvalue weighted by molar-refractivity contribution is 0.118. The molecule has 1 rings (SSSR count). The van der Waals surface area contributed by atoms with Crippen molar-refractivity contribution in [3.05, 3.63) is 17.0 Å². The summed E-state index contributed by atoms with van der Waals surface area (Å²) in [5, 5.41) is 3.67. The van der Waals surface area contributed by atoms with Gasteiger partial charge in [0.25, 0.3) is 0 Å². The van der Waals surface area contributed by atoms with Crippen LogP contribution in [-0.2, 0) is 10.2 Å². The minimum Gasteiger partial charge on any atom is -0.379 e. The fourth-order valence-electron chi connectivity index (χ4n) is 1.41. The second-order valence-corrected chi connectivity index (χ2v) is 6.43. The average Bonchev–Trinajstić information content (AvgIpc) is 2.26. The number of halogens is 1. The molecule has 0 amide bonds. The first kappa shape index (κ1) is 16.2. The Labute approximate surface area is 120 Å². The van der Waals surface area contributed by atoms with Gasteiger partial charge < -0.3 is 10.1 Å². The monoisotopic (exact) mass is 285 g/mol. The highest BCUT2D eigenvalue weighted by atomic mass is 35.5. The van der Waals surface area contributed by atoms with E-state index in [2.05, 4.69) is 49.9 Å². The highest BCUT2D eigenvalue weighted by Crippen LogP contribution is 2.22. The SMILES string of the molecule is CC(C)COCCNc1cc(Cl)nc(C(C)(C)C)n1. The molecule has 0 aliphatic rings. The molecule has 0 aliphatic carbocycles. The predicted molar refractivity (Wildman–Crippen MR) is 79.9 cm³/mol. The molecule has 0 spiro atoms. The molecule has 0 fully saturated rings. The first-order valence-corrected chi connectivity index (χ1v) is 7.03. The standard InChI is InChI=1S/C14H24ClN3O/c1-10(2)9-19-7-6-16-12-8-11(15)17-13(18-12)14(3,4)5/h8,10H,6-7,9H2,1-5H3,(H,16,17,18). The third kappa shape index (κ3) is 6.21. The molecular formula is C14H24ClN3O. The molecule has 1 N–H and O–H groups in total. The number of ether oxygens (including phenoxy) is 1. The van der Waals surface area contributed by atoms with E-state index in [1.54, 1.807) is 6.07 Å². The van der Waals surface area contributed by atoms with Crippen LogP contribution >= 0.6 is 11.6 Å². The van der Waals surface area contributed by atoms with E-state index in [1.807, 2.05) is 0 Å². The van der Waals surface area contributed by atoms with Gasteiger partial charge in [-0.05, 0) is 5.92 Å². The summed E-state index contributed by atoms with van der Waals surface area (Å²) in [6.07, 6.45) is 0. The van der Waals surface area contributed by atoms with Crippen LogP contribution in [-0.4, -0.2) is 29.7 Å². The minimum atomic E-state index is -0.116. The number of nitrogens with one attached hydrogen (secondary N) is 1. The van der Waals surface area contributed by atoms with Crippen molar-refractivity contribution in [1.82, 2.24) is 9.97 Å². The van der Waals surface area contributed by atoms with Gasteiger partial charge in [-0.1, -0.05) is 46.2 Å². The third-order valence-corrected chi connectivity index (χ3v) is 2.56. The lowest BCUT2D eigenvalue weighted by Gasteiger charge is -2.18. The summed E-state index contributed by atoms with van der Waals surface area (Å²) >= 11 is 6.02. The van der Waals surface area contributed by atoms with Crippen LogP contribution in [0.4, 0.5) is 5.82 Å². The van der Waals surface area contributed by atoms with Crippen LogP contribution in [0.5, 0.6) is 0 Å². The summed E-state index contributed by atoms with van der Waals surface area (Å²) in [7, 11) is 0. The van der Waals surface area contributed by atoms with Crippen molar-refractivity contribution in [2.45, 2.75) is 40.0 Å². The second-order valence-electron chi connectivity index (χ2n) is 6.05. The molecule has 1 aromatic heterocycles. The van der Waals surface area contributed by atoms with Crippen LogP contribution in [0.25, 0.3) is 0 Å². The van der Waals surface area contributed by atoms with Crippen LogP contribution < -0.4 is 5.32 Å². The van der Waals surface area contributed by atoms with Crippen molar-refractivity contribution in [2.24, 2.45) is 5.92 Å². The van der Waals surface area contributed by atoms with Gasteiger partial charge >= 0.3 is 0 Å². The Kier molecular flexibility index (Phi) is 6.01. The molecule has 19 heavy (non-hydrogen) atoms. The van der Waals surface area contributed by atoms with E-state index >= 15 is 0 Å². The van der Waals surface area contributed by atoms with E-state index in [0.29, 0.717) is 24.2 Å². The minimum absolute atomic E-state index is 0.116. The van der Waals surface area contributed by atoms with Gasteiger partial charge in [-0.2, -0.15) is 0 Å². The zero-order chi connectivity index (χ0) is 14.5. The molecule has 1 heterocycles. The predicted octanol–water partition coefficient (Wildman–Crippen LogP) is 3.51. The van der Waals surface area contributed by atoms with Gasteiger partial charge in [-0.15, -0.1) is 0 Å². The smallest absolute Gasteiger partial charge is 0.137 e. The first-order chi connectivity index (χ1) is 8.79. The maximum atomic E-state index is 6.02. The number of hydrogen-bond acceptors (Lipinski definition) is 4. The molecule has 0 radical (unpaired) electrons. The topological polar surface area (TPSA) is 47.0 Å². The quantitative estimate of drug-likeness (QED) is 0.642. The Bertz CT molecular complexity index is 402. The van der Waals surface area contributed by atoms with E-state index in [9.17, 15) is 0 Å². The van der Waals surface area contributed by atoms with Crippen LogP contribution in [0.15, 0.2) is 6.07 Å². The Morgan fingerprint density at radius 2 is 2.00 bits per heavy atom. The van der Waals surface area contributed by atoms with E-state index in [4.69, 9.17) is 16.3 Å². The van der Waals surface area contributed by atoms with Gasteiger partial charge in [-0.25, -0.2) is 9.97 Å². The largest absolute Gasteiger partial charge is 0.379 e. The highest BCUT2D eigenvalue weighted by molar-refractivity contribution is 6.29. The van der Waals surface area contributed by atoms with Gasteiger partial charge in [-0.3, -0.25) is 0 Å². The molecule has 4 nitrogen and oxygen atoms in total. The number of rotatable bonds is 6. The maximum absolute atomic E-state index is 6.02. The summed E-state index contributed by atoms with van der Waals surface area (Å²) in [6.45, 7) is 12.6. The molecule has 0 aromatic carbocycles. The molecule has 0 saturated carbocycles. The van der Waals surface area contributed by atoms with Crippen LogP contribution in [0, 0.1) is 5.92 Å². The highest BCUT2D eigenvalue weighted by Gasteiger charge is 2.18. The average molecular weight is 286 g/mol. The Balaban J connectivity index is 2.52. The van der Waals surface area contributed by atoms with E-state index in [-0.39, 0.29) is 5.41 Å². The van der Waals surface area contributed by atoms with Gasteiger partial charge in [0, 0.05) is 24.6 Å². The van der Waals surface area contributed by atoms with Crippen molar-refractivity contribution in [3.8, 4) is 0 Å². The summed E-state index contributed by atoms with van der Waals surface area (Å²) in [5.74, 6) is 2.05. The van der Waals surface area contributed by atoms with Gasteiger partial charge in [0.2, 0.25) is 0 Å². The molecule has 1 aromatic rings. The Morgan fingerprint density at radius 3 is 2.58 bits per heavy atom. The van der Waals surface area contributed by atoms with Crippen molar-refractivity contribution in [1.29, 1.82) is 0 Å². The summed E-state index contributed by atoms with van der Waals surface area (Å²) < 4.78 is 5.51. The van der Waals surface area contributed by atoms with Gasteiger partial charge in [0.1, 0.15) is 16.8 Å². The Hall–Kier alpha value is -0.870. The van der Waals surface area contributed by atoms with Crippen molar-refractivity contribution in [2.75, 3.05) is 25.1 Å². The summed E-state index contributed by atoms with van der Waals surface area (Å²) in [5.41, 5.74) is -0.116. The molecule has 0 saturated heterocycles. The van der Waals surface area contributed by atoms with Crippen molar-refractivity contribution < 1.29 is 4.74 Å². The van der Waals surface area contributed by atoms with Crippen LogP contribution in [0.1, 0.15) is 40.4 Å². The van der Waals surface area contributed by atoms with Crippen LogP contribution in [0.3, 0.4) is 0 Å². The summed E-state index contributed by atoms with van der Waals surface area (Å²) in [4.78, 5) is 8.73. The van der Waals surface area contributed by atoms with Crippen molar-refractivity contribution >= 4 is 17.4 Å². The maximum Gasteiger partial charge on any atom is 0.137 e. The molecule has 0 unspecified atom stereocenters. The molecule has 0 aliphatic heterocycles. The fourth-order valence-corrected chi connectivity index (χ4v) is 1.60. The lowest BCUT2D eigenvalue weighted by Crippen LogP contribution is -2.18. The number of anilines is 1. The lowest BCUT2D eigenvalue weighted by atomic mass is 9.96. The Morgan fingerprint density at radius 1 is 1.32 bits per heavy atom. The zero-order valence-electron chi connectivity index (χ0n) is 12.5. The molecular weight excluding hydrogens is 262 g/mol. The fraction of sp³-hybridized carbons (Fsp3) is 0.714. The zero-order valence-corrected chi connectivity index (χ0v) is 13.2. The number of aromatic nitrogens is 2. The van der Waals surface area contributed by atoms with E-state index < -0.39 is 0 Å². The van der Waals surface area contributed by atoms with Crippen LogP contribution in [0.2, 0.25) is 5.15 Å². The normalized spacial score (nSPS) is 11.9. The third-order valence-electron chi connectivity index (χ3n) is 2.37. The first-order valence-electron chi connectivity index (χ1n) is 6.65. The molecule has 5 heteroatoms. The summed E-state index contributed by atoms with van der Waals surface area (Å²) in [6, 6.07) is 1.74. The van der Waals surface area contributed by atoms with Gasteiger partial charge in [0.05, 0.1) is 6.61 Å². The van der Waals surface area contributed by atoms with E-state index in [0.717, 1.165) is 18.2 Å².